The van der Waals surface area contributed by atoms with Crippen molar-refractivity contribution in [3.05, 3.63) is 42.1 Å². The van der Waals surface area contributed by atoms with E-state index in [2.05, 4.69) is 37.6 Å². The maximum atomic E-state index is 11.1. The number of hydrogen-bond acceptors (Lipinski definition) is 6. The summed E-state index contributed by atoms with van der Waals surface area (Å²) in [5, 5.41) is 6.31. The molecule has 1 amide bonds. The van der Waals surface area contributed by atoms with Gasteiger partial charge in [0.05, 0.1) is 0 Å². The van der Waals surface area contributed by atoms with Crippen LogP contribution in [0.1, 0.15) is 18.9 Å². The molecule has 1 fully saturated rings. The van der Waals surface area contributed by atoms with Crippen LogP contribution >= 0.6 is 0 Å². The molecule has 0 saturated carbocycles. The molecule has 2 aromatic rings. The maximum Gasteiger partial charge on any atom is 0.226 e. The largest absolute Gasteiger partial charge is 0.366 e. The van der Waals surface area contributed by atoms with Gasteiger partial charge in [0.25, 0.3) is 0 Å². The highest BCUT2D eigenvalue weighted by Crippen LogP contribution is 2.19. The van der Waals surface area contributed by atoms with Gasteiger partial charge in [0.2, 0.25) is 11.9 Å². The van der Waals surface area contributed by atoms with Gasteiger partial charge in [0.1, 0.15) is 5.82 Å². The Morgan fingerprint density at radius 3 is 2.73 bits per heavy atom. The fourth-order valence-corrected chi connectivity index (χ4v) is 3.10. The van der Waals surface area contributed by atoms with Crippen LogP contribution in [0.5, 0.6) is 0 Å². The Kier molecular flexibility index (Phi) is 5.68. The molecule has 0 spiro atoms. The molecule has 1 aromatic carbocycles. The number of carbonyl (C=O) groups excluding carboxylic acids is 1. The fraction of sp³-hybridized carbons (Fsp3) is 0.421. The minimum atomic E-state index is -0.0478. The zero-order chi connectivity index (χ0) is 18.5. The third-order valence-corrected chi connectivity index (χ3v) is 4.35. The van der Waals surface area contributed by atoms with E-state index in [0.717, 1.165) is 37.6 Å². The average molecular weight is 354 g/mol. The van der Waals surface area contributed by atoms with E-state index in [1.165, 1.54) is 12.5 Å². The minimum Gasteiger partial charge on any atom is -0.366 e. The van der Waals surface area contributed by atoms with Gasteiger partial charge in [-0.3, -0.25) is 9.69 Å². The number of anilines is 3. The second-order valence-electron chi connectivity index (χ2n) is 6.88. The van der Waals surface area contributed by atoms with Crippen molar-refractivity contribution in [3.63, 3.8) is 0 Å². The zero-order valence-corrected chi connectivity index (χ0v) is 15.6. The Morgan fingerprint density at radius 2 is 2.04 bits per heavy atom. The van der Waals surface area contributed by atoms with Gasteiger partial charge in [-0.1, -0.05) is 12.1 Å². The predicted octanol–water partition coefficient (Wildman–Crippen LogP) is 2.19. The second kappa shape index (κ2) is 8.14. The van der Waals surface area contributed by atoms with E-state index in [0.29, 0.717) is 12.0 Å². The number of hydrogen-bond donors (Lipinski definition) is 2. The molecule has 0 bridgehead atoms. The van der Waals surface area contributed by atoms with Gasteiger partial charge in [-0.15, -0.1) is 0 Å². The summed E-state index contributed by atoms with van der Waals surface area (Å²) < 4.78 is 0. The predicted molar refractivity (Wildman–Crippen MR) is 104 cm³/mol. The molecule has 1 atom stereocenters. The summed E-state index contributed by atoms with van der Waals surface area (Å²) in [6.45, 7) is 4.46. The molecule has 1 aliphatic rings. The van der Waals surface area contributed by atoms with Gasteiger partial charge in [0, 0.05) is 58.6 Å². The van der Waals surface area contributed by atoms with Crippen molar-refractivity contribution < 1.29 is 4.79 Å². The molecular weight excluding hydrogens is 328 g/mol. The second-order valence-corrected chi connectivity index (χ2v) is 6.88. The van der Waals surface area contributed by atoms with Crippen molar-refractivity contribution in [1.29, 1.82) is 0 Å². The van der Waals surface area contributed by atoms with Gasteiger partial charge in [-0.2, -0.15) is 4.98 Å². The standard InChI is InChI=1S/C19H26N6O/c1-14(26)21-16-6-4-15(5-7-16)12-25-11-9-17(13-25)22-18-8-10-20-19(23-18)24(2)3/h4-8,10,17H,9,11-13H2,1-3H3,(H,21,26)(H,20,22,23). The van der Waals surface area contributed by atoms with Crippen LogP contribution < -0.4 is 15.5 Å². The Hall–Kier alpha value is -2.67. The number of aromatic nitrogens is 2. The molecule has 3 rings (SSSR count). The van der Waals surface area contributed by atoms with Crippen molar-refractivity contribution in [1.82, 2.24) is 14.9 Å². The molecular formula is C19H26N6O. The first kappa shape index (κ1) is 18.1. The highest BCUT2D eigenvalue weighted by atomic mass is 16.1. The summed E-state index contributed by atoms with van der Waals surface area (Å²) in [6.07, 6.45) is 2.87. The molecule has 0 aliphatic carbocycles. The third-order valence-electron chi connectivity index (χ3n) is 4.35. The minimum absolute atomic E-state index is 0.0478. The lowest BCUT2D eigenvalue weighted by Gasteiger charge is -2.18. The first-order valence-electron chi connectivity index (χ1n) is 8.85. The SMILES string of the molecule is CC(=O)Nc1ccc(CN2CCC(Nc3ccnc(N(C)C)n3)C2)cc1. The van der Waals surface area contributed by atoms with Gasteiger partial charge in [0.15, 0.2) is 0 Å². The number of nitrogens with one attached hydrogen (secondary N) is 2. The lowest BCUT2D eigenvalue weighted by Crippen LogP contribution is -2.26. The van der Waals surface area contributed by atoms with Crippen LogP contribution in [-0.4, -0.2) is 54.0 Å². The smallest absolute Gasteiger partial charge is 0.226 e. The van der Waals surface area contributed by atoms with E-state index >= 15 is 0 Å². The number of likely N-dealkylation sites (tertiary alicyclic amines) is 1. The van der Waals surface area contributed by atoms with Crippen molar-refractivity contribution in [2.45, 2.75) is 25.9 Å². The van der Waals surface area contributed by atoms with E-state index in [-0.39, 0.29) is 5.91 Å². The summed E-state index contributed by atoms with van der Waals surface area (Å²) in [5.41, 5.74) is 2.08. The number of amides is 1. The molecule has 1 unspecified atom stereocenters. The molecule has 7 heteroatoms. The third kappa shape index (κ3) is 4.92. The molecule has 2 N–H and O–H groups in total. The number of nitrogens with zero attached hydrogens (tertiary/aromatic N) is 4. The van der Waals surface area contributed by atoms with E-state index in [9.17, 15) is 4.79 Å². The van der Waals surface area contributed by atoms with E-state index in [1.807, 2.05) is 37.2 Å². The quantitative estimate of drug-likeness (QED) is 0.828. The topological polar surface area (TPSA) is 73.4 Å². The molecule has 1 aromatic heterocycles. The Balaban J connectivity index is 1.52. The Labute approximate surface area is 154 Å². The molecule has 0 radical (unpaired) electrons. The van der Waals surface area contributed by atoms with Crippen molar-refractivity contribution in [2.75, 3.05) is 42.7 Å². The van der Waals surface area contributed by atoms with Crippen LogP contribution in [0.3, 0.4) is 0 Å². The summed E-state index contributed by atoms with van der Waals surface area (Å²) in [7, 11) is 3.88. The van der Waals surface area contributed by atoms with Gasteiger partial charge >= 0.3 is 0 Å². The van der Waals surface area contributed by atoms with E-state index < -0.39 is 0 Å². The van der Waals surface area contributed by atoms with Gasteiger partial charge in [-0.05, 0) is 30.2 Å². The lowest BCUT2D eigenvalue weighted by molar-refractivity contribution is -0.114. The van der Waals surface area contributed by atoms with Crippen LogP contribution in [0, 0.1) is 0 Å². The van der Waals surface area contributed by atoms with Gasteiger partial charge in [-0.25, -0.2) is 4.98 Å². The van der Waals surface area contributed by atoms with Crippen molar-refractivity contribution in [3.8, 4) is 0 Å². The van der Waals surface area contributed by atoms with Crippen LogP contribution in [0.2, 0.25) is 0 Å². The first-order valence-corrected chi connectivity index (χ1v) is 8.85. The summed E-state index contributed by atoms with van der Waals surface area (Å²) in [5.74, 6) is 1.53. The van der Waals surface area contributed by atoms with E-state index in [1.54, 1.807) is 6.20 Å². The Bertz CT molecular complexity index is 746. The maximum absolute atomic E-state index is 11.1. The van der Waals surface area contributed by atoms with Gasteiger partial charge < -0.3 is 15.5 Å². The monoisotopic (exact) mass is 354 g/mol. The molecule has 26 heavy (non-hydrogen) atoms. The first-order chi connectivity index (χ1) is 12.5. The highest BCUT2D eigenvalue weighted by molar-refractivity contribution is 5.88. The molecule has 2 heterocycles. The lowest BCUT2D eigenvalue weighted by atomic mass is 10.2. The number of rotatable bonds is 6. The van der Waals surface area contributed by atoms with Crippen molar-refractivity contribution >= 4 is 23.4 Å². The summed E-state index contributed by atoms with van der Waals surface area (Å²) >= 11 is 0. The molecule has 1 saturated heterocycles. The fourth-order valence-electron chi connectivity index (χ4n) is 3.10. The normalized spacial score (nSPS) is 17.1. The van der Waals surface area contributed by atoms with Crippen LogP contribution in [0.25, 0.3) is 0 Å². The zero-order valence-electron chi connectivity index (χ0n) is 15.6. The van der Waals surface area contributed by atoms with Crippen molar-refractivity contribution in [2.24, 2.45) is 0 Å². The Morgan fingerprint density at radius 1 is 1.27 bits per heavy atom. The number of benzene rings is 1. The molecule has 7 nitrogen and oxygen atoms in total. The van der Waals surface area contributed by atoms with Crippen LogP contribution in [-0.2, 0) is 11.3 Å². The highest BCUT2D eigenvalue weighted by Gasteiger charge is 2.22. The summed E-state index contributed by atoms with van der Waals surface area (Å²) in [4.78, 5) is 24.2. The van der Waals surface area contributed by atoms with Crippen LogP contribution in [0.15, 0.2) is 36.5 Å². The van der Waals surface area contributed by atoms with E-state index in [4.69, 9.17) is 0 Å². The summed E-state index contributed by atoms with van der Waals surface area (Å²) in [6, 6.07) is 10.3. The number of carbonyl (C=O) groups is 1. The average Bonchev–Trinajstić information content (AvgIpc) is 3.03. The molecule has 138 valence electrons. The van der Waals surface area contributed by atoms with Crippen LogP contribution in [0.4, 0.5) is 17.5 Å². The molecule has 1 aliphatic heterocycles.